The van der Waals surface area contributed by atoms with Crippen LogP contribution in [0.25, 0.3) is 0 Å². The second-order valence-electron chi connectivity index (χ2n) is 4.29. The number of aryl methyl sites for hydroxylation is 1. The molecule has 0 aliphatic carbocycles. The normalized spacial score (nSPS) is 11.3. The number of nitrogens with one attached hydrogen (secondary N) is 1. The fraction of sp³-hybridized carbons (Fsp3) is 0.0769. The van der Waals surface area contributed by atoms with Gasteiger partial charge in [-0.05, 0) is 36.8 Å². The fourth-order valence-electron chi connectivity index (χ4n) is 1.56. The summed E-state index contributed by atoms with van der Waals surface area (Å²) in [6.45, 7) is 1.68. The van der Waals surface area contributed by atoms with E-state index in [1.807, 2.05) is 0 Å². The van der Waals surface area contributed by atoms with Gasteiger partial charge in [0, 0.05) is 6.07 Å². The molecule has 0 spiro atoms. The number of phenols is 1. The minimum Gasteiger partial charge on any atom is -0.508 e. The molecule has 4 N–H and O–H groups in total. The Morgan fingerprint density at radius 2 is 1.90 bits per heavy atom. The molecule has 0 heterocycles. The monoisotopic (exact) mass is 296 g/mol. The smallest absolute Gasteiger partial charge is 0.262 e. The second kappa shape index (κ2) is 5.01. The van der Waals surface area contributed by atoms with E-state index in [1.165, 1.54) is 24.3 Å². The van der Waals surface area contributed by atoms with Gasteiger partial charge in [-0.15, -0.1) is 0 Å². The van der Waals surface area contributed by atoms with Gasteiger partial charge < -0.3 is 10.8 Å². The minimum atomic E-state index is -3.94. The summed E-state index contributed by atoms with van der Waals surface area (Å²) >= 11 is 0. The molecule has 20 heavy (non-hydrogen) atoms. The Morgan fingerprint density at radius 3 is 2.50 bits per heavy atom. The van der Waals surface area contributed by atoms with E-state index < -0.39 is 15.8 Å². The van der Waals surface area contributed by atoms with Crippen molar-refractivity contribution in [3.63, 3.8) is 0 Å². The van der Waals surface area contributed by atoms with E-state index in [0.717, 1.165) is 6.07 Å². The van der Waals surface area contributed by atoms with Crippen molar-refractivity contribution in [3.05, 3.63) is 47.8 Å². The van der Waals surface area contributed by atoms with Gasteiger partial charge in [-0.1, -0.05) is 6.07 Å². The lowest BCUT2D eigenvalue weighted by atomic mass is 10.2. The molecule has 2 aromatic carbocycles. The maximum atomic E-state index is 13.3. The van der Waals surface area contributed by atoms with Crippen molar-refractivity contribution in [2.75, 3.05) is 10.5 Å². The summed E-state index contributed by atoms with van der Waals surface area (Å²) < 4.78 is 39.7. The number of hydrogen-bond donors (Lipinski definition) is 3. The van der Waals surface area contributed by atoms with Crippen LogP contribution in [0.5, 0.6) is 5.75 Å². The van der Waals surface area contributed by atoms with Crippen molar-refractivity contribution in [2.45, 2.75) is 11.8 Å². The number of nitrogens with two attached hydrogens (primary N) is 1. The first-order valence-corrected chi connectivity index (χ1v) is 7.15. The maximum Gasteiger partial charge on any atom is 0.262 e. The average Bonchev–Trinajstić information content (AvgIpc) is 2.37. The summed E-state index contributed by atoms with van der Waals surface area (Å²) in [5.74, 6) is -0.840. The van der Waals surface area contributed by atoms with E-state index >= 15 is 0 Å². The van der Waals surface area contributed by atoms with Gasteiger partial charge >= 0.3 is 0 Å². The van der Waals surface area contributed by atoms with Gasteiger partial charge in [0.05, 0.1) is 16.3 Å². The van der Waals surface area contributed by atoms with E-state index in [9.17, 15) is 17.9 Å². The highest BCUT2D eigenvalue weighted by Crippen LogP contribution is 2.24. The Balaban J connectivity index is 2.35. The third-order valence-electron chi connectivity index (χ3n) is 2.74. The molecule has 0 aliphatic heterocycles. The summed E-state index contributed by atoms with van der Waals surface area (Å²) in [6, 6.07) is 7.56. The number of phenolic OH excluding ortho intramolecular Hbond substituents is 1. The van der Waals surface area contributed by atoms with Crippen molar-refractivity contribution in [1.82, 2.24) is 0 Å². The summed E-state index contributed by atoms with van der Waals surface area (Å²) in [4.78, 5) is -0.246. The predicted molar refractivity (Wildman–Crippen MR) is 74.5 cm³/mol. The van der Waals surface area contributed by atoms with E-state index in [-0.39, 0.29) is 22.0 Å². The summed E-state index contributed by atoms with van der Waals surface area (Å²) in [5, 5.41) is 9.54. The van der Waals surface area contributed by atoms with Crippen LogP contribution in [-0.4, -0.2) is 13.5 Å². The van der Waals surface area contributed by atoms with Crippen LogP contribution in [0.4, 0.5) is 15.8 Å². The first kappa shape index (κ1) is 14.1. The molecule has 0 amide bonds. The standard InChI is InChI=1S/C13H13FN2O3S/c1-8-2-3-9(6-13(8)17)16-20(18,19)10-4-5-12(15)11(14)7-10/h2-7,16-17H,15H2,1H3. The van der Waals surface area contributed by atoms with E-state index in [4.69, 9.17) is 5.73 Å². The van der Waals surface area contributed by atoms with Crippen LogP contribution in [0.15, 0.2) is 41.3 Å². The molecule has 0 atom stereocenters. The molecular weight excluding hydrogens is 283 g/mol. The SMILES string of the molecule is Cc1ccc(NS(=O)(=O)c2ccc(N)c(F)c2)cc1O. The molecule has 2 rings (SSSR count). The van der Waals surface area contributed by atoms with Crippen molar-refractivity contribution in [2.24, 2.45) is 0 Å². The Hall–Kier alpha value is -2.28. The van der Waals surface area contributed by atoms with Crippen molar-refractivity contribution in [3.8, 4) is 5.75 Å². The lowest BCUT2D eigenvalue weighted by Crippen LogP contribution is -2.13. The molecule has 0 saturated heterocycles. The Kier molecular flexibility index (Phi) is 3.54. The molecule has 0 aliphatic rings. The number of anilines is 2. The number of benzene rings is 2. The summed E-state index contributed by atoms with van der Waals surface area (Å²) in [7, 11) is -3.94. The molecule has 106 valence electrons. The third-order valence-corrected chi connectivity index (χ3v) is 4.12. The van der Waals surface area contributed by atoms with Gasteiger partial charge in [-0.2, -0.15) is 0 Å². The molecule has 5 nitrogen and oxygen atoms in total. The van der Waals surface area contributed by atoms with E-state index in [0.29, 0.717) is 5.56 Å². The lowest BCUT2D eigenvalue weighted by molar-refractivity contribution is 0.471. The predicted octanol–water partition coefficient (Wildman–Crippen LogP) is 2.22. The van der Waals surface area contributed by atoms with Crippen LogP contribution in [0.1, 0.15) is 5.56 Å². The minimum absolute atomic E-state index is 0.0336. The zero-order chi connectivity index (χ0) is 14.9. The van der Waals surface area contributed by atoms with Gasteiger partial charge in [-0.25, -0.2) is 12.8 Å². The van der Waals surface area contributed by atoms with Gasteiger partial charge in [0.25, 0.3) is 10.0 Å². The van der Waals surface area contributed by atoms with Crippen LogP contribution in [-0.2, 0) is 10.0 Å². The molecule has 7 heteroatoms. The van der Waals surface area contributed by atoms with Crippen molar-refractivity contribution < 1.29 is 17.9 Å². The average molecular weight is 296 g/mol. The Bertz CT molecular complexity index is 760. The Morgan fingerprint density at radius 1 is 1.20 bits per heavy atom. The maximum absolute atomic E-state index is 13.3. The third kappa shape index (κ3) is 2.83. The molecule has 0 radical (unpaired) electrons. The van der Waals surface area contributed by atoms with E-state index in [2.05, 4.69) is 4.72 Å². The Labute approximate surface area is 115 Å². The van der Waals surface area contributed by atoms with E-state index in [1.54, 1.807) is 13.0 Å². The highest BCUT2D eigenvalue weighted by molar-refractivity contribution is 7.92. The first-order valence-electron chi connectivity index (χ1n) is 5.67. The number of sulfonamides is 1. The first-order chi connectivity index (χ1) is 9.29. The van der Waals surface area contributed by atoms with Crippen LogP contribution in [0, 0.1) is 12.7 Å². The topological polar surface area (TPSA) is 92.4 Å². The van der Waals surface area contributed by atoms with Crippen LogP contribution in [0.3, 0.4) is 0 Å². The van der Waals surface area contributed by atoms with Crippen LogP contribution < -0.4 is 10.5 Å². The molecule has 0 unspecified atom stereocenters. The largest absolute Gasteiger partial charge is 0.508 e. The number of halogens is 1. The lowest BCUT2D eigenvalue weighted by Gasteiger charge is -2.09. The molecule has 0 saturated carbocycles. The van der Waals surface area contributed by atoms with Gasteiger partial charge in [0.2, 0.25) is 0 Å². The number of nitrogen functional groups attached to an aromatic ring is 1. The molecule has 0 fully saturated rings. The number of aromatic hydroxyl groups is 1. The summed E-state index contributed by atoms with van der Waals surface area (Å²) in [5.41, 5.74) is 5.97. The molecule has 0 bridgehead atoms. The zero-order valence-electron chi connectivity index (χ0n) is 10.6. The molecule has 2 aromatic rings. The highest BCUT2D eigenvalue weighted by Gasteiger charge is 2.16. The second-order valence-corrected chi connectivity index (χ2v) is 5.97. The van der Waals surface area contributed by atoms with Crippen molar-refractivity contribution >= 4 is 21.4 Å². The van der Waals surface area contributed by atoms with Gasteiger partial charge in [0.1, 0.15) is 11.6 Å². The van der Waals surface area contributed by atoms with Crippen molar-refractivity contribution in [1.29, 1.82) is 0 Å². The van der Waals surface area contributed by atoms with Crippen LogP contribution in [0.2, 0.25) is 0 Å². The zero-order valence-corrected chi connectivity index (χ0v) is 11.4. The van der Waals surface area contributed by atoms with Crippen LogP contribution >= 0.6 is 0 Å². The highest BCUT2D eigenvalue weighted by atomic mass is 32.2. The summed E-state index contributed by atoms with van der Waals surface area (Å²) in [6.07, 6.45) is 0. The molecular formula is C13H13FN2O3S. The molecule has 0 aromatic heterocycles. The van der Waals surface area contributed by atoms with Gasteiger partial charge in [-0.3, -0.25) is 4.72 Å². The number of rotatable bonds is 3. The number of hydrogen-bond acceptors (Lipinski definition) is 4. The fourth-order valence-corrected chi connectivity index (χ4v) is 2.62. The van der Waals surface area contributed by atoms with Gasteiger partial charge in [0.15, 0.2) is 0 Å². The quantitative estimate of drug-likeness (QED) is 0.757.